The van der Waals surface area contributed by atoms with Gasteiger partial charge in [-0.15, -0.1) is 0 Å². The largest absolute Gasteiger partial charge is 0.481 e. The van der Waals surface area contributed by atoms with Crippen molar-refractivity contribution in [2.45, 2.75) is 83.0 Å². The van der Waals surface area contributed by atoms with Crippen molar-refractivity contribution in [3.8, 4) is 0 Å². The van der Waals surface area contributed by atoms with Gasteiger partial charge in [0.1, 0.15) is 11.7 Å². The monoisotopic (exact) mass is 625 g/mol. The predicted molar refractivity (Wildman–Crippen MR) is 167 cm³/mol. The summed E-state index contributed by atoms with van der Waals surface area (Å²) in [5.74, 6) is -1.70. The van der Waals surface area contributed by atoms with Crippen LogP contribution in [0.25, 0.3) is 0 Å². The Morgan fingerprint density at radius 2 is 1.82 bits per heavy atom. The highest BCUT2D eigenvalue weighted by Gasteiger charge is 2.73. The molecule has 1 saturated heterocycles. The second kappa shape index (κ2) is 12.1. The van der Waals surface area contributed by atoms with Crippen molar-refractivity contribution in [1.82, 2.24) is 24.9 Å². The molecule has 6 atom stereocenters. The van der Waals surface area contributed by atoms with E-state index < -0.39 is 57.9 Å². The molecular weight excluding hydrogens is 581 g/mol. The summed E-state index contributed by atoms with van der Waals surface area (Å²) in [5.41, 5.74) is 0.228. The average molecular weight is 626 g/mol. The van der Waals surface area contributed by atoms with Crippen molar-refractivity contribution in [2.24, 2.45) is 17.3 Å². The van der Waals surface area contributed by atoms with E-state index in [1.165, 1.54) is 38.2 Å². The standard InChI is InChI=1S/C31H44BN5O6S/c1-29(2)22-17-25(29)31(4)30(3,18-22)42-32(43-31)26(14-10-13-21-11-8-7-9-12-21)36-28(39)24(20-44(40,41)37(5)6)35-27(38)23-19-33-15-16-34-23/h7-9,11-12,15-16,19,22,24-26H,10,13-14,17-18,20H2,1-6H3,(H,35,38)(H,36,39)/t22-,24-,25-,26-,30+,31-/m0/s1. The van der Waals surface area contributed by atoms with Gasteiger partial charge in [-0.3, -0.25) is 14.6 Å². The molecule has 2 N–H and O–H groups in total. The first-order valence-electron chi connectivity index (χ1n) is 15.3. The molecule has 4 aliphatic rings. The van der Waals surface area contributed by atoms with Gasteiger partial charge < -0.3 is 19.9 Å². The van der Waals surface area contributed by atoms with Gasteiger partial charge in [0.2, 0.25) is 15.9 Å². The Balaban J connectivity index is 1.38. The Morgan fingerprint density at radius 1 is 1.09 bits per heavy atom. The van der Waals surface area contributed by atoms with Gasteiger partial charge in [-0.25, -0.2) is 17.7 Å². The third kappa shape index (κ3) is 6.16. The average Bonchev–Trinajstić information content (AvgIpc) is 3.27. The quantitative estimate of drug-likeness (QED) is 0.344. The summed E-state index contributed by atoms with van der Waals surface area (Å²) in [6, 6.07) is 8.69. The molecule has 44 heavy (non-hydrogen) atoms. The van der Waals surface area contributed by atoms with Crippen LogP contribution in [-0.2, 0) is 30.5 Å². The number of nitrogens with one attached hydrogen (secondary N) is 2. The molecule has 3 saturated carbocycles. The lowest BCUT2D eigenvalue weighted by atomic mass is 9.41. The fourth-order valence-electron chi connectivity index (χ4n) is 7.32. The summed E-state index contributed by atoms with van der Waals surface area (Å²) in [6.07, 6.45) is 8.02. The van der Waals surface area contributed by atoms with E-state index in [9.17, 15) is 18.0 Å². The van der Waals surface area contributed by atoms with Crippen LogP contribution in [0.5, 0.6) is 0 Å². The highest BCUT2D eigenvalue weighted by atomic mass is 32.2. The highest BCUT2D eigenvalue weighted by Crippen LogP contribution is 2.69. The third-order valence-corrected chi connectivity index (χ3v) is 12.3. The first-order chi connectivity index (χ1) is 20.7. The van der Waals surface area contributed by atoms with Gasteiger partial charge in [-0.1, -0.05) is 44.2 Å². The van der Waals surface area contributed by atoms with Crippen LogP contribution in [0.2, 0.25) is 0 Å². The second-order valence-corrected chi connectivity index (χ2v) is 15.9. The minimum Gasteiger partial charge on any atom is -0.402 e. The van der Waals surface area contributed by atoms with Gasteiger partial charge in [0, 0.05) is 26.5 Å². The summed E-state index contributed by atoms with van der Waals surface area (Å²) in [6.45, 7) is 8.83. The van der Waals surface area contributed by atoms with Crippen LogP contribution in [-0.4, -0.2) is 84.7 Å². The number of sulfonamides is 1. The first-order valence-corrected chi connectivity index (χ1v) is 16.9. The molecule has 0 spiro atoms. The van der Waals surface area contributed by atoms with E-state index in [1.807, 2.05) is 18.2 Å². The molecule has 13 heteroatoms. The van der Waals surface area contributed by atoms with Crippen molar-refractivity contribution in [2.75, 3.05) is 19.8 Å². The maximum absolute atomic E-state index is 13.9. The van der Waals surface area contributed by atoms with Crippen LogP contribution in [0.1, 0.15) is 69.4 Å². The number of rotatable bonds is 12. The van der Waals surface area contributed by atoms with E-state index in [4.69, 9.17) is 9.31 Å². The Kier molecular flexibility index (Phi) is 8.98. The molecule has 1 aromatic heterocycles. The molecule has 0 radical (unpaired) electrons. The zero-order valence-corrected chi connectivity index (χ0v) is 27.3. The number of nitrogens with zero attached hydrogens (tertiary/aromatic N) is 3. The van der Waals surface area contributed by atoms with Gasteiger partial charge in [0.05, 0.1) is 29.1 Å². The van der Waals surface area contributed by atoms with E-state index in [1.54, 1.807) is 0 Å². The van der Waals surface area contributed by atoms with E-state index in [0.29, 0.717) is 18.3 Å². The molecule has 1 aromatic carbocycles. The van der Waals surface area contributed by atoms with E-state index in [0.717, 1.165) is 30.0 Å². The highest BCUT2D eigenvalue weighted by molar-refractivity contribution is 7.89. The molecule has 238 valence electrons. The van der Waals surface area contributed by atoms with Gasteiger partial charge in [-0.2, -0.15) is 0 Å². The molecule has 2 heterocycles. The minimum atomic E-state index is -3.87. The van der Waals surface area contributed by atoms with Crippen LogP contribution < -0.4 is 10.6 Å². The van der Waals surface area contributed by atoms with Crippen LogP contribution in [0, 0.1) is 17.3 Å². The van der Waals surface area contributed by atoms with Crippen molar-refractivity contribution in [1.29, 1.82) is 0 Å². The van der Waals surface area contributed by atoms with Crippen molar-refractivity contribution in [3.63, 3.8) is 0 Å². The minimum absolute atomic E-state index is 0.0269. The van der Waals surface area contributed by atoms with E-state index in [2.05, 4.69) is 60.4 Å². The second-order valence-electron chi connectivity index (χ2n) is 13.6. The molecule has 2 bridgehead atoms. The molecule has 3 aliphatic carbocycles. The molecule has 2 aromatic rings. The summed E-state index contributed by atoms with van der Waals surface area (Å²) in [5, 5.41) is 5.60. The molecule has 6 rings (SSSR count). The normalized spacial score (nSPS) is 28.5. The summed E-state index contributed by atoms with van der Waals surface area (Å²) < 4.78 is 40.4. The summed E-state index contributed by atoms with van der Waals surface area (Å²) >= 11 is 0. The third-order valence-electron chi connectivity index (χ3n) is 10.4. The number of aryl methyl sites for hydroxylation is 1. The SMILES string of the molecule is CN(C)S(=O)(=O)C[C@H](NC(=O)c1cnccn1)C(=O)N[C@@H](CCCc1ccccc1)B1O[C@]2(C)C[C@@H]3C[C@@H](C3(C)C)[C@]2(C)O1. The number of benzene rings is 1. The lowest BCUT2D eigenvalue weighted by Gasteiger charge is -2.67. The van der Waals surface area contributed by atoms with Gasteiger partial charge in [0.15, 0.2) is 0 Å². The van der Waals surface area contributed by atoms with Crippen molar-refractivity contribution < 1.29 is 27.3 Å². The molecule has 0 unspecified atom stereocenters. The number of carbonyl (C=O) groups excluding carboxylic acids is 2. The lowest BCUT2D eigenvalue weighted by Crippen LogP contribution is -2.70. The Labute approximate surface area is 261 Å². The fraction of sp³-hybridized carbons (Fsp3) is 0.613. The predicted octanol–water partition coefficient (Wildman–Crippen LogP) is 2.63. The molecule has 1 aliphatic heterocycles. The van der Waals surface area contributed by atoms with Crippen molar-refractivity contribution >= 4 is 29.0 Å². The maximum atomic E-state index is 13.9. The lowest BCUT2D eigenvalue weighted by molar-refractivity contribution is -0.235. The van der Waals surface area contributed by atoms with Crippen LogP contribution >= 0.6 is 0 Å². The molecule has 4 fully saturated rings. The Morgan fingerprint density at radius 3 is 2.45 bits per heavy atom. The topological polar surface area (TPSA) is 140 Å². The van der Waals surface area contributed by atoms with Gasteiger partial charge in [-0.05, 0) is 68.8 Å². The summed E-state index contributed by atoms with van der Waals surface area (Å²) in [7, 11) is -1.83. The number of amides is 2. The van der Waals surface area contributed by atoms with Crippen LogP contribution in [0.4, 0.5) is 0 Å². The van der Waals surface area contributed by atoms with Gasteiger partial charge in [0.25, 0.3) is 5.91 Å². The van der Waals surface area contributed by atoms with Gasteiger partial charge >= 0.3 is 7.12 Å². The number of carbonyl (C=O) groups is 2. The van der Waals surface area contributed by atoms with Crippen LogP contribution in [0.15, 0.2) is 48.9 Å². The van der Waals surface area contributed by atoms with E-state index >= 15 is 0 Å². The zero-order valence-electron chi connectivity index (χ0n) is 26.4. The van der Waals surface area contributed by atoms with E-state index in [-0.39, 0.29) is 11.1 Å². The molecule has 2 amide bonds. The fourth-order valence-corrected chi connectivity index (χ4v) is 8.27. The Hall–Kier alpha value is -2.87. The number of hydrogen-bond acceptors (Lipinski definition) is 8. The molecular formula is C31H44BN5O6S. The van der Waals surface area contributed by atoms with Crippen LogP contribution in [0.3, 0.4) is 0 Å². The Bertz CT molecular complexity index is 1460. The number of hydrogen-bond donors (Lipinski definition) is 2. The molecule has 11 nitrogen and oxygen atoms in total. The smallest absolute Gasteiger partial charge is 0.402 e. The number of aromatic nitrogens is 2. The summed E-state index contributed by atoms with van der Waals surface area (Å²) in [4.78, 5) is 34.8. The van der Waals surface area contributed by atoms with Crippen molar-refractivity contribution in [3.05, 3.63) is 60.2 Å². The first kappa shape index (κ1) is 32.5. The zero-order chi connectivity index (χ0) is 31.9. The maximum Gasteiger partial charge on any atom is 0.481 e.